The largest absolute Gasteiger partial charge is 0.310 e. The van der Waals surface area contributed by atoms with Gasteiger partial charge in [0, 0.05) is 32.2 Å². The molecule has 1 atom stereocenters. The number of rotatable bonds is 6. The Balaban J connectivity index is 1.80. The minimum absolute atomic E-state index is 0.589. The second kappa shape index (κ2) is 5.72. The molecule has 0 radical (unpaired) electrons. The third kappa shape index (κ3) is 3.13. The van der Waals surface area contributed by atoms with Crippen LogP contribution < -0.4 is 5.32 Å². The first kappa shape index (κ1) is 14.0. The normalized spacial score (nSPS) is 17.4. The van der Waals surface area contributed by atoms with Gasteiger partial charge in [-0.1, -0.05) is 0 Å². The summed E-state index contributed by atoms with van der Waals surface area (Å²) in [6.07, 6.45) is 2.74. The Hall–Kier alpha value is -0.390. The molecule has 18 heavy (non-hydrogen) atoms. The summed E-state index contributed by atoms with van der Waals surface area (Å²) in [6.45, 7) is 6.19. The fourth-order valence-electron chi connectivity index (χ4n) is 2.26. The summed E-state index contributed by atoms with van der Waals surface area (Å²) >= 11 is 3.60. The Morgan fingerprint density at radius 1 is 1.56 bits per heavy atom. The van der Waals surface area contributed by atoms with E-state index in [0.29, 0.717) is 6.04 Å². The zero-order valence-electron chi connectivity index (χ0n) is 11.7. The van der Waals surface area contributed by atoms with Crippen molar-refractivity contribution >= 4 is 15.9 Å². The van der Waals surface area contributed by atoms with Crippen molar-refractivity contribution in [3.63, 3.8) is 0 Å². The van der Waals surface area contributed by atoms with Crippen LogP contribution in [0.4, 0.5) is 0 Å². The van der Waals surface area contributed by atoms with E-state index in [0.717, 1.165) is 29.3 Å². The molecule has 0 spiro atoms. The van der Waals surface area contributed by atoms with E-state index in [-0.39, 0.29) is 0 Å². The van der Waals surface area contributed by atoms with E-state index in [1.54, 1.807) is 0 Å². The van der Waals surface area contributed by atoms with Crippen LogP contribution in [-0.4, -0.2) is 40.4 Å². The van der Waals surface area contributed by atoms with Gasteiger partial charge in [-0.25, -0.2) is 0 Å². The predicted molar refractivity (Wildman–Crippen MR) is 77.6 cm³/mol. The smallest absolute Gasteiger partial charge is 0.0739 e. The molecule has 4 nitrogen and oxygen atoms in total. The molecule has 1 aromatic heterocycles. The molecule has 1 unspecified atom stereocenters. The van der Waals surface area contributed by atoms with Crippen molar-refractivity contribution in [2.24, 2.45) is 7.05 Å². The van der Waals surface area contributed by atoms with Crippen molar-refractivity contribution in [2.75, 3.05) is 13.6 Å². The maximum atomic E-state index is 4.40. The Morgan fingerprint density at radius 3 is 2.72 bits per heavy atom. The molecule has 1 aliphatic rings. The van der Waals surface area contributed by atoms with Crippen LogP contribution in [0.3, 0.4) is 0 Å². The number of aryl methyl sites for hydroxylation is 2. The SMILES string of the molecule is Cc1nn(C)c(CNCC(C)N(C)C2CC2)c1Br. The van der Waals surface area contributed by atoms with Crippen LogP contribution in [0.5, 0.6) is 0 Å². The van der Waals surface area contributed by atoms with Gasteiger partial charge in [0.05, 0.1) is 15.9 Å². The molecular formula is C13H23BrN4. The number of halogens is 1. The predicted octanol–water partition coefficient (Wildman–Crippen LogP) is 2.06. The molecule has 1 aromatic rings. The van der Waals surface area contributed by atoms with Crippen LogP contribution in [0.2, 0.25) is 0 Å². The van der Waals surface area contributed by atoms with Crippen molar-refractivity contribution in [3.05, 3.63) is 15.9 Å². The van der Waals surface area contributed by atoms with Gasteiger partial charge in [0.1, 0.15) is 0 Å². The van der Waals surface area contributed by atoms with Crippen LogP contribution in [0.15, 0.2) is 4.47 Å². The monoisotopic (exact) mass is 314 g/mol. The summed E-state index contributed by atoms with van der Waals surface area (Å²) in [7, 11) is 4.22. The third-order valence-electron chi connectivity index (χ3n) is 3.81. The Kier molecular flexibility index (Phi) is 4.45. The molecule has 1 aliphatic carbocycles. The zero-order valence-corrected chi connectivity index (χ0v) is 13.3. The van der Waals surface area contributed by atoms with Crippen LogP contribution >= 0.6 is 15.9 Å². The minimum atomic E-state index is 0.589. The van der Waals surface area contributed by atoms with Crippen molar-refractivity contribution in [3.8, 4) is 0 Å². The maximum absolute atomic E-state index is 4.40. The van der Waals surface area contributed by atoms with Crippen LogP contribution in [-0.2, 0) is 13.6 Å². The molecule has 1 heterocycles. The Morgan fingerprint density at radius 2 is 2.22 bits per heavy atom. The summed E-state index contributed by atoms with van der Waals surface area (Å²) in [5, 5.41) is 7.93. The van der Waals surface area contributed by atoms with E-state index in [4.69, 9.17) is 0 Å². The van der Waals surface area contributed by atoms with Gasteiger partial charge in [0.25, 0.3) is 0 Å². The Labute approximate surface area is 118 Å². The highest BCUT2D eigenvalue weighted by Crippen LogP contribution is 2.26. The molecule has 102 valence electrons. The first-order chi connectivity index (χ1) is 8.50. The molecule has 5 heteroatoms. The minimum Gasteiger partial charge on any atom is -0.310 e. The first-order valence-electron chi connectivity index (χ1n) is 6.61. The van der Waals surface area contributed by atoms with E-state index in [9.17, 15) is 0 Å². The number of nitrogens with one attached hydrogen (secondary N) is 1. The van der Waals surface area contributed by atoms with E-state index >= 15 is 0 Å². The molecule has 1 fully saturated rings. The van der Waals surface area contributed by atoms with Crippen LogP contribution in [0.1, 0.15) is 31.2 Å². The average Bonchev–Trinajstić information content (AvgIpc) is 3.12. The lowest BCUT2D eigenvalue weighted by molar-refractivity contribution is 0.240. The van der Waals surface area contributed by atoms with Gasteiger partial charge in [-0.15, -0.1) is 0 Å². The zero-order chi connectivity index (χ0) is 13.3. The molecule has 1 saturated carbocycles. The third-order valence-corrected chi connectivity index (χ3v) is 4.84. The van der Waals surface area contributed by atoms with Crippen molar-refractivity contribution in [1.82, 2.24) is 20.0 Å². The second-order valence-electron chi connectivity index (χ2n) is 5.35. The maximum Gasteiger partial charge on any atom is 0.0739 e. The van der Waals surface area contributed by atoms with Crippen molar-refractivity contribution in [1.29, 1.82) is 0 Å². The molecule has 0 amide bonds. The van der Waals surface area contributed by atoms with Gasteiger partial charge in [-0.2, -0.15) is 5.10 Å². The number of likely N-dealkylation sites (N-methyl/N-ethyl adjacent to an activating group) is 1. The molecule has 2 rings (SSSR count). The summed E-state index contributed by atoms with van der Waals surface area (Å²) in [5.41, 5.74) is 2.27. The molecular weight excluding hydrogens is 292 g/mol. The lowest BCUT2D eigenvalue weighted by atomic mass is 10.3. The summed E-state index contributed by atoms with van der Waals surface area (Å²) in [4.78, 5) is 2.48. The van der Waals surface area contributed by atoms with E-state index in [1.165, 1.54) is 18.5 Å². The number of aromatic nitrogens is 2. The van der Waals surface area contributed by atoms with E-state index in [1.807, 2.05) is 18.7 Å². The first-order valence-corrected chi connectivity index (χ1v) is 7.40. The molecule has 0 aliphatic heterocycles. The quantitative estimate of drug-likeness (QED) is 0.872. The Bertz CT molecular complexity index is 411. The van der Waals surface area contributed by atoms with Gasteiger partial charge < -0.3 is 5.32 Å². The number of hydrogen-bond acceptors (Lipinski definition) is 3. The lowest BCUT2D eigenvalue weighted by Gasteiger charge is -2.24. The fraction of sp³-hybridized carbons (Fsp3) is 0.769. The van der Waals surface area contributed by atoms with E-state index in [2.05, 4.69) is 45.2 Å². The molecule has 0 bridgehead atoms. The van der Waals surface area contributed by atoms with Crippen molar-refractivity contribution in [2.45, 2.75) is 45.3 Å². The van der Waals surface area contributed by atoms with E-state index < -0.39 is 0 Å². The van der Waals surface area contributed by atoms with Gasteiger partial charge in [-0.3, -0.25) is 9.58 Å². The standard InChI is InChI=1S/C13H23BrN4/c1-9(17(3)11-5-6-11)7-15-8-12-13(14)10(2)16-18(12)4/h9,11,15H,5-8H2,1-4H3. The summed E-state index contributed by atoms with van der Waals surface area (Å²) < 4.78 is 3.07. The summed E-state index contributed by atoms with van der Waals surface area (Å²) in [5.74, 6) is 0. The number of hydrogen-bond donors (Lipinski definition) is 1. The second-order valence-corrected chi connectivity index (χ2v) is 6.14. The van der Waals surface area contributed by atoms with Crippen LogP contribution in [0.25, 0.3) is 0 Å². The van der Waals surface area contributed by atoms with Gasteiger partial charge in [0.2, 0.25) is 0 Å². The number of nitrogens with zero attached hydrogens (tertiary/aromatic N) is 3. The topological polar surface area (TPSA) is 33.1 Å². The van der Waals surface area contributed by atoms with Gasteiger partial charge in [0.15, 0.2) is 0 Å². The van der Waals surface area contributed by atoms with Gasteiger partial charge in [-0.05, 0) is 49.7 Å². The highest BCUT2D eigenvalue weighted by atomic mass is 79.9. The average molecular weight is 315 g/mol. The molecule has 0 saturated heterocycles. The fourth-order valence-corrected chi connectivity index (χ4v) is 2.73. The summed E-state index contributed by atoms with van der Waals surface area (Å²) in [6, 6.07) is 1.41. The highest BCUT2D eigenvalue weighted by Gasteiger charge is 2.28. The van der Waals surface area contributed by atoms with Crippen LogP contribution in [0, 0.1) is 6.92 Å². The molecule has 0 aromatic carbocycles. The molecule has 1 N–H and O–H groups in total. The van der Waals surface area contributed by atoms with Gasteiger partial charge >= 0.3 is 0 Å². The van der Waals surface area contributed by atoms with Crippen molar-refractivity contribution < 1.29 is 0 Å². The highest BCUT2D eigenvalue weighted by molar-refractivity contribution is 9.10. The lowest BCUT2D eigenvalue weighted by Crippen LogP contribution is -2.39.